The van der Waals surface area contributed by atoms with E-state index in [1.165, 1.54) is 0 Å². The standard InChI is InChI=1S/C26H29F5N2O2/c1-3-17-13-19(24(2,27)28)14-20(26(29,30)31)21(17)23(34)32-22(18-9-5-4-6-10-18)25(15-35-16-25)33-11-7-8-12-33/h4-6,9-10,13-14,22H,3,7-8,11-12,15-16H2,1-2H3,(H,32,34). The van der Waals surface area contributed by atoms with Gasteiger partial charge in [-0.1, -0.05) is 37.3 Å². The summed E-state index contributed by atoms with van der Waals surface area (Å²) in [6.45, 7) is 4.36. The minimum absolute atomic E-state index is 0.00780. The van der Waals surface area contributed by atoms with Crippen molar-refractivity contribution in [2.24, 2.45) is 0 Å². The Hall–Kier alpha value is -2.52. The zero-order valence-electron chi connectivity index (χ0n) is 19.7. The number of carbonyl (C=O) groups excluding carboxylic acids is 1. The van der Waals surface area contributed by atoms with Gasteiger partial charge in [-0.05, 0) is 55.6 Å². The predicted molar refractivity (Wildman–Crippen MR) is 121 cm³/mol. The molecule has 0 bridgehead atoms. The fourth-order valence-electron chi connectivity index (χ4n) is 5.11. The van der Waals surface area contributed by atoms with Crippen LogP contribution in [0.4, 0.5) is 22.0 Å². The quantitative estimate of drug-likeness (QED) is 0.499. The highest BCUT2D eigenvalue weighted by molar-refractivity contribution is 5.98. The number of carbonyl (C=O) groups is 1. The number of aryl methyl sites for hydroxylation is 1. The molecule has 4 rings (SSSR count). The van der Waals surface area contributed by atoms with Gasteiger partial charge in [-0.3, -0.25) is 9.69 Å². The first kappa shape index (κ1) is 25.6. The lowest BCUT2D eigenvalue weighted by Gasteiger charge is -2.53. The highest BCUT2D eigenvalue weighted by Crippen LogP contribution is 2.42. The second kappa shape index (κ2) is 9.50. The van der Waals surface area contributed by atoms with Gasteiger partial charge in [0.25, 0.3) is 11.8 Å². The summed E-state index contributed by atoms with van der Waals surface area (Å²) in [5.41, 5.74) is -2.63. The molecule has 0 saturated carbocycles. The van der Waals surface area contributed by atoms with E-state index in [1.807, 2.05) is 30.3 Å². The fraction of sp³-hybridized carbons (Fsp3) is 0.500. The van der Waals surface area contributed by atoms with E-state index >= 15 is 0 Å². The van der Waals surface area contributed by atoms with Crippen molar-refractivity contribution in [1.82, 2.24) is 10.2 Å². The van der Waals surface area contributed by atoms with Crippen LogP contribution in [0, 0.1) is 0 Å². The predicted octanol–water partition coefficient (Wildman–Crippen LogP) is 5.72. The lowest BCUT2D eigenvalue weighted by atomic mass is 9.81. The Morgan fingerprint density at radius 3 is 2.20 bits per heavy atom. The van der Waals surface area contributed by atoms with Gasteiger partial charge in [0.05, 0.1) is 35.9 Å². The Bertz CT molecular complexity index is 1060. The lowest BCUT2D eigenvalue weighted by molar-refractivity contribution is -0.151. The lowest BCUT2D eigenvalue weighted by Crippen LogP contribution is -2.67. The van der Waals surface area contributed by atoms with Gasteiger partial charge in [-0.25, -0.2) is 8.78 Å². The molecule has 2 saturated heterocycles. The normalized spacial score (nSPS) is 19.3. The van der Waals surface area contributed by atoms with Crippen molar-refractivity contribution in [3.05, 3.63) is 70.3 Å². The highest BCUT2D eigenvalue weighted by atomic mass is 19.4. The first-order valence-corrected chi connectivity index (χ1v) is 11.8. The molecule has 0 spiro atoms. The number of alkyl halides is 5. The van der Waals surface area contributed by atoms with Gasteiger partial charge in [0.15, 0.2) is 0 Å². The summed E-state index contributed by atoms with van der Waals surface area (Å²) in [4.78, 5) is 15.8. The molecule has 2 aromatic carbocycles. The van der Waals surface area contributed by atoms with Crippen LogP contribution in [0.5, 0.6) is 0 Å². The topological polar surface area (TPSA) is 41.6 Å². The van der Waals surface area contributed by atoms with Crippen molar-refractivity contribution in [2.75, 3.05) is 26.3 Å². The van der Waals surface area contributed by atoms with Crippen LogP contribution in [-0.2, 0) is 23.3 Å². The Kier molecular flexibility index (Phi) is 6.94. The minimum atomic E-state index is -4.98. The van der Waals surface area contributed by atoms with E-state index in [4.69, 9.17) is 4.74 Å². The molecule has 190 valence electrons. The molecule has 2 heterocycles. The molecule has 1 atom stereocenters. The summed E-state index contributed by atoms with van der Waals surface area (Å²) in [6, 6.07) is 9.85. The summed E-state index contributed by atoms with van der Waals surface area (Å²) in [5, 5.41) is 2.87. The number of ether oxygens (including phenoxy) is 1. The van der Waals surface area contributed by atoms with Crippen LogP contribution in [0.25, 0.3) is 0 Å². The van der Waals surface area contributed by atoms with E-state index in [9.17, 15) is 26.7 Å². The van der Waals surface area contributed by atoms with Crippen molar-refractivity contribution in [3.63, 3.8) is 0 Å². The molecular formula is C26H29F5N2O2. The van der Waals surface area contributed by atoms with Crippen LogP contribution in [0.2, 0.25) is 0 Å². The van der Waals surface area contributed by atoms with Crippen molar-refractivity contribution in [3.8, 4) is 0 Å². The second-order valence-electron chi connectivity index (χ2n) is 9.41. The van der Waals surface area contributed by atoms with Gasteiger partial charge < -0.3 is 10.1 Å². The third-order valence-corrected chi connectivity index (χ3v) is 7.03. The summed E-state index contributed by atoms with van der Waals surface area (Å²) in [5.74, 6) is -4.41. The Labute approximate surface area is 201 Å². The molecule has 2 aromatic rings. The van der Waals surface area contributed by atoms with Gasteiger partial charge in [0.1, 0.15) is 0 Å². The molecular weight excluding hydrogens is 467 g/mol. The van der Waals surface area contributed by atoms with Gasteiger partial charge >= 0.3 is 6.18 Å². The van der Waals surface area contributed by atoms with E-state index in [0.717, 1.165) is 37.6 Å². The van der Waals surface area contributed by atoms with Crippen molar-refractivity contribution < 1.29 is 31.5 Å². The van der Waals surface area contributed by atoms with Crippen LogP contribution in [0.15, 0.2) is 42.5 Å². The first-order chi connectivity index (χ1) is 16.5. The van der Waals surface area contributed by atoms with Crippen LogP contribution < -0.4 is 5.32 Å². The molecule has 1 amide bonds. The summed E-state index contributed by atoms with van der Waals surface area (Å²) >= 11 is 0. The maximum absolute atomic E-state index is 14.1. The minimum Gasteiger partial charge on any atom is -0.377 e. The van der Waals surface area contributed by atoms with Crippen molar-refractivity contribution in [2.45, 2.75) is 56.8 Å². The number of halogens is 5. The number of rotatable bonds is 7. The molecule has 2 aliphatic heterocycles. The summed E-state index contributed by atoms with van der Waals surface area (Å²) in [6.07, 6.45) is -3.01. The number of benzene rings is 2. The molecule has 9 heteroatoms. The Balaban J connectivity index is 1.80. The first-order valence-electron chi connectivity index (χ1n) is 11.8. The summed E-state index contributed by atoms with van der Waals surface area (Å²) in [7, 11) is 0. The average Bonchev–Trinajstić information content (AvgIpc) is 3.31. The monoisotopic (exact) mass is 496 g/mol. The molecule has 35 heavy (non-hydrogen) atoms. The Morgan fingerprint density at radius 1 is 1.09 bits per heavy atom. The van der Waals surface area contributed by atoms with Crippen molar-refractivity contribution in [1.29, 1.82) is 0 Å². The number of hydrogen-bond donors (Lipinski definition) is 1. The number of likely N-dealkylation sites (tertiary alicyclic amines) is 1. The SMILES string of the molecule is CCc1cc(C(C)(F)F)cc(C(F)(F)F)c1C(=O)NC(c1ccccc1)C1(N2CCCC2)COC1. The number of nitrogens with one attached hydrogen (secondary N) is 1. The Morgan fingerprint density at radius 2 is 1.71 bits per heavy atom. The zero-order valence-corrected chi connectivity index (χ0v) is 19.7. The largest absolute Gasteiger partial charge is 0.417 e. The average molecular weight is 497 g/mol. The zero-order chi connectivity index (χ0) is 25.4. The molecule has 2 aliphatic rings. The van der Waals surface area contributed by atoms with E-state index < -0.39 is 46.3 Å². The van der Waals surface area contributed by atoms with E-state index in [0.29, 0.717) is 26.2 Å². The van der Waals surface area contributed by atoms with Gasteiger partial charge in [0.2, 0.25) is 0 Å². The van der Waals surface area contributed by atoms with Gasteiger partial charge in [-0.2, -0.15) is 13.2 Å². The van der Waals surface area contributed by atoms with Crippen LogP contribution in [0.1, 0.15) is 65.3 Å². The molecule has 1 N–H and O–H groups in total. The molecule has 0 aliphatic carbocycles. The maximum Gasteiger partial charge on any atom is 0.417 e. The molecule has 1 unspecified atom stereocenters. The van der Waals surface area contributed by atoms with Crippen LogP contribution >= 0.6 is 0 Å². The van der Waals surface area contributed by atoms with Crippen LogP contribution in [0.3, 0.4) is 0 Å². The smallest absolute Gasteiger partial charge is 0.377 e. The summed E-state index contributed by atoms with van der Waals surface area (Å²) < 4.78 is 75.7. The van der Waals surface area contributed by atoms with Gasteiger partial charge in [-0.15, -0.1) is 0 Å². The third kappa shape index (κ3) is 4.93. The van der Waals surface area contributed by atoms with Crippen LogP contribution in [-0.4, -0.2) is 42.6 Å². The highest BCUT2D eigenvalue weighted by Gasteiger charge is 2.52. The molecule has 4 nitrogen and oxygen atoms in total. The maximum atomic E-state index is 14.1. The molecule has 2 fully saturated rings. The molecule has 0 aromatic heterocycles. The van der Waals surface area contributed by atoms with E-state index in [-0.39, 0.29) is 12.0 Å². The molecule has 0 radical (unpaired) electrons. The van der Waals surface area contributed by atoms with E-state index in [2.05, 4.69) is 10.2 Å². The third-order valence-electron chi connectivity index (χ3n) is 7.03. The van der Waals surface area contributed by atoms with Gasteiger partial charge in [0, 0.05) is 12.5 Å². The van der Waals surface area contributed by atoms with E-state index in [1.54, 1.807) is 6.92 Å². The fourth-order valence-corrected chi connectivity index (χ4v) is 5.11. The number of amides is 1. The number of hydrogen-bond acceptors (Lipinski definition) is 3. The van der Waals surface area contributed by atoms with Crippen molar-refractivity contribution >= 4 is 5.91 Å². The number of nitrogens with zero attached hydrogens (tertiary/aromatic N) is 1. The second-order valence-corrected chi connectivity index (χ2v) is 9.41.